The van der Waals surface area contributed by atoms with Crippen molar-refractivity contribution in [2.24, 2.45) is 0 Å². The molecule has 12 heavy (non-hydrogen) atoms. The zero-order valence-electron chi connectivity index (χ0n) is 5.89. The van der Waals surface area contributed by atoms with Crippen LogP contribution in [0.2, 0.25) is 0 Å². The van der Waals surface area contributed by atoms with Gasteiger partial charge in [0.1, 0.15) is 0 Å². The molecule has 2 rings (SSSR count). The molecule has 2 aromatic rings. The Morgan fingerprint density at radius 3 is 2.92 bits per heavy atom. The minimum absolute atomic E-state index is 0.356. The summed E-state index contributed by atoms with van der Waals surface area (Å²) in [6.07, 6.45) is 2.98. The van der Waals surface area contributed by atoms with Gasteiger partial charge in [-0.2, -0.15) is 10.2 Å². The van der Waals surface area contributed by atoms with Gasteiger partial charge in [-0.1, -0.05) is 5.16 Å². The fourth-order valence-electron chi connectivity index (χ4n) is 0.785. The Balaban J connectivity index is 2.51. The van der Waals surface area contributed by atoms with Gasteiger partial charge < -0.3 is 0 Å². The number of nitrogens with one attached hydrogen (secondary N) is 1. The van der Waals surface area contributed by atoms with Crippen molar-refractivity contribution in [3.8, 4) is 11.4 Å². The molecule has 60 valence electrons. The van der Waals surface area contributed by atoms with Crippen LogP contribution in [0.25, 0.3) is 11.4 Å². The summed E-state index contributed by atoms with van der Waals surface area (Å²) in [4.78, 5) is 12.9. The molecule has 6 nitrogen and oxygen atoms in total. The molecule has 2 aromatic heterocycles. The second-order valence-corrected chi connectivity index (χ2v) is 2.07. The van der Waals surface area contributed by atoms with Crippen LogP contribution in [0.4, 0.5) is 0 Å². The fraction of sp³-hybridized carbons (Fsp3) is 0. The lowest BCUT2D eigenvalue weighted by Crippen LogP contribution is -1.95. The summed E-state index contributed by atoms with van der Waals surface area (Å²) in [7, 11) is 0. The van der Waals surface area contributed by atoms with Gasteiger partial charge in [0, 0.05) is 5.56 Å². The van der Waals surface area contributed by atoms with Gasteiger partial charge >= 0.3 is 5.76 Å². The molecule has 0 atom stereocenters. The van der Waals surface area contributed by atoms with Crippen molar-refractivity contribution in [3.63, 3.8) is 0 Å². The predicted octanol–water partition coefficient (Wildman–Crippen LogP) is -0.180. The predicted molar refractivity (Wildman–Crippen MR) is 38.1 cm³/mol. The number of rotatable bonds is 1. The molecule has 0 aliphatic heterocycles. The van der Waals surface area contributed by atoms with Crippen LogP contribution in [0.3, 0.4) is 0 Å². The van der Waals surface area contributed by atoms with Crippen LogP contribution in [0, 0.1) is 0 Å². The van der Waals surface area contributed by atoms with Crippen molar-refractivity contribution in [2.75, 3.05) is 0 Å². The van der Waals surface area contributed by atoms with Crippen molar-refractivity contribution in [2.45, 2.75) is 0 Å². The number of aromatic amines is 1. The molecule has 0 aromatic carbocycles. The Bertz CT molecular complexity index is 418. The lowest BCUT2D eigenvalue weighted by molar-refractivity contribution is 0.388. The largest absolute Gasteiger partial charge is 0.439 e. The number of H-pyrrole nitrogens is 1. The molecule has 0 saturated carbocycles. The molecule has 0 spiro atoms. The zero-order chi connectivity index (χ0) is 8.39. The maximum atomic E-state index is 10.5. The summed E-state index contributed by atoms with van der Waals surface area (Å²) in [5.74, 6) is -0.225. The summed E-state index contributed by atoms with van der Waals surface area (Å²) < 4.78 is 4.31. The fourth-order valence-corrected chi connectivity index (χ4v) is 0.785. The molecule has 0 fully saturated rings. The maximum Gasteiger partial charge on any atom is 0.439 e. The van der Waals surface area contributed by atoms with Gasteiger partial charge in [0.05, 0.1) is 12.4 Å². The van der Waals surface area contributed by atoms with E-state index in [9.17, 15) is 4.79 Å². The van der Waals surface area contributed by atoms with Crippen molar-refractivity contribution < 1.29 is 4.52 Å². The van der Waals surface area contributed by atoms with Crippen LogP contribution in [-0.2, 0) is 0 Å². The first kappa shape index (κ1) is 6.71. The second-order valence-electron chi connectivity index (χ2n) is 2.07. The van der Waals surface area contributed by atoms with Gasteiger partial charge in [0.15, 0.2) is 5.82 Å². The van der Waals surface area contributed by atoms with Gasteiger partial charge in [-0.05, 0) is 6.07 Å². The molecule has 0 aliphatic carbocycles. The topological polar surface area (TPSA) is 84.7 Å². The molecule has 0 bridgehead atoms. The number of nitrogens with zero attached hydrogens (tertiary/aromatic N) is 3. The van der Waals surface area contributed by atoms with E-state index < -0.39 is 5.76 Å². The van der Waals surface area contributed by atoms with Gasteiger partial charge in [0.2, 0.25) is 0 Å². The third-order valence-corrected chi connectivity index (χ3v) is 1.30. The minimum atomic E-state index is -0.582. The number of hydrogen-bond donors (Lipinski definition) is 1. The lowest BCUT2D eigenvalue weighted by Gasteiger charge is -1.88. The molecule has 1 N–H and O–H groups in total. The average molecular weight is 164 g/mol. The van der Waals surface area contributed by atoms with E-state index in [0.717, 1.165) is 0 Å². The van der Waals surface area contributed by atoms with Gasteiger partial charge in [-0.25, -0.2) is 4.79 Å². The Morgan fingerprint density at radius 1 is 1.42 bits per heavy atom. The van der Waals surface area contributed by atoms with E-state index in [1.165, 1.54) is 12.4 Å². The molecule has 0 aliphatic rings. The average Bonchev–Trinajstić information content (AvgIpc) is 2.54. The van der Waals surface area contributed by atoms with Crippen LogP contribution in [-0.4, -0.2) is 20.3 Å². The van der Waals surface area contributed by atoms with E-state index in [4.69, 9.17) is 0 Å². The second kappa shape index (κ2) is 2.57. The molecule has 2 heterocycles. The molecule has 0 saturated heterocycles. The van der Waals surface area contributed by atoms with E-state index in [0.29, 0.717) is 11.4 Å². The number of hydrogen-bond acceptors (Lipinski definition) is 5. The molecular weight excluding hydrogens is 160 g/mol. The molecule has 0 unspecified atom stereocenters. The SMILES string of the molecule is O=c1[nH]c(-c2ccnnc2)no1. The molecule has 6 heteroatoms. The highest BCUT2D eigenvalue weighted by Gasteiger charge is 2.02. The van der Waals surface area contributed by atoms with E-state index in [2.05, 4.69) is 24.9 Å². The third kappa shape index (κ3) is 1.09. The lowest BCUT2D eigenvalue weighted by atomic mass is 10.3. The minimum Gasteiger partial charge on any atom is -0.296 e. The summed E-state index contributed by atoms with van der Waals surface area (Å²) in [5, 5.41) is 10.7. The van der Waals surface area contributed by atoms with E-state index in [-0.39, 0.29) is 0 Å². The highest BCUT2D eigenvalue weighted by molar-refractivity contribution is 5.50. The zero-order valence-corrected chi connectivity index (χ0v) is 5.89. The summed E-state index contributed by atoms with van der Waals surface area (Å²) in [6, 6.07) is 1.67. The van der Waals surface area contributed by atoms with E-state index in [1.54, 1.807) is 6.07 Å². The Morgan fingerprint density at radius 2 is 2.33 bits per heavy atom. The van der Waals surface area contributed by atoms with Gasteiger partial charge in [-0.3, -0.25) is 9.51 Å². The monoisotopic (exact) mass is 164 g/mol. The smallest absolute Gasteiger partial charge is 0.296 e. The van der Waals surface area contributed by atoms with Crippen LogP contribution in [0.1, 0.15) is 0 Å². The Hall–Kier alpha value is -1.98. The normalized spacial score (nSPS) is 10.0. The first-order valence-corrected chi connectivity index (χ1v) is 3.19. The van der Waals surface area contributed by atoms with Crippen LogP contribution < -0.4 is 5.76 Å². The Kier molecular flexibility index (Phi) is 1.44. The van der Waals surface area contributed by atoms with Crippen molar-refractivity contribution >= 4 is 0 Å². The highest BCUT2D eigenvalue weighted by Crippen LogP contribution is 2.08. The summed E-state index contributed by atoms with van der Waals surface area (Å²) in [5.41, 5.74) is 0.663. The standard InChI is InChI=1S/C6H4N4O2/c11-6-9-5(10-12-6)4-1-2-7-8-3-4/h1-3H,(H,9,10,11). The Labute approximate surface area is 66.2 Å². The van der Waals surface area contributed by atoms with Gasteiger partial charge in [0.25, 0.3) is 0 Å². The quantitative estimate of drug-likeness (QED) is 0.631. The first-order chi connectivity index (χ1) is 5.86. The first-order valence-electron chi connectivity index (χ1n) is 3.19. The maximum absolute atomic E-state index is 10.5. The molecule has 0 radical (unpaired) electrons. The van der Waals surface area contributed by atoms with Crippen molar-refractivity contribution in [1.82, 2.24) is 20.3 Å². The van der Waals surface area contributed by atoms with Crippen molar-refractivity contribution in [1.29, 1.82) is 0 Å². The highest BCUT2D eigenvalue weighted by atomic mass is 16.5. The van der Waals surface area contributed by atoms with Gasteiger partial charge in [-0.15, -0.1) is 0 Å². The summed E-state index contributed by atoms with van der Waals surface area (Å²) >= 11 is 0. The van der Waals surface area contributed by atoms with E-state index >= 15 is 0 Å². The van der Waals surface area contributed by atoms with Crippen molar-refractivity contribution in [3.05, 3.63) is 29.0 Å². The van der Waals surface area contributed by atoms with E-state index in [1.807, 2.05) is 0 Å². The summed E-state index contributed by atoms with van der Waals surface area (Å²) in [6.45, 7) is 0. The van der Waals surface area contributed by atoms with Crippen LogP contribution >= 0.6 is 0 Å². The third-order valence-electron chi connectivity index (χ3n) is 1.30. The number of aromatic nitrogens is 4. The molecule has 0 amide bonds. The molecular formula is C6H4N4O2. The van der Waals surface area contributed by atoms with Crippen LogP contribution in [0.5, 0.6) is 0 Å². The van der Waals surface area contributed by atoms with Crippen LogP contribution in [0.15, 0.2) is 27.8 Å².